The van der Waals surface area contributed by atoms with Crippen LogP contribution in [0.4, 0.5) is 4.39 Å². The Morgan fingerprint density at radius 2 is 1.67 bits per heavy atom. The van der Waals surface area contributed by atoms with Gasteiger partial charge in [-0.1, -0.05) is 24.3 Å². The summed E-state index contributed by atoms with van der Waals surface area (Å²) in [5.74, 6) is -0.222. The van der Waals surface area contributed by atoms with Crippen LogP contribution in [0.5, 0.6) is 5.75 Å². The molecule has 0 aromatic heterocycles. The van der Waals surface area contributed by atoms with E-state index in [0.717, 1.165) is 11.1 Å². The molecule has 0 saturated heterocycles. The standard InChI is InChI=1S/C20H23FN2O4/c1-14(24)23-19(13-26-2)20(25)22-11-15-5-9-18(10-6-15)27-12-16-3-7-17(21)8-4-16/h3-10,19H,11-13H2,1-2H3,(H,22,25)(H,23,24). The second-order valence-electron chi connectivity index (χ2n) is 5.99. The third-order valence-corrected chi connectivity index (χ3v) is 3.74. The van der Waals surface area contributed by atoms with Crippen molar-refractivity contribution in [2.24, 2.45) is 0 Å². The molecule has 0 heterocycles. The smallest absolute Gasteiger partial charge is 0.245 e. The van der Waals surface area contributed by atoms with E-state index in [0.29, 0.717) is 18.9 Å². The number of hydrogen-bond acceptors (Lipinski definition) is 4. The predicted octanol–water partition coefficient (Wildman–Crippen LogP) is 2.17. The van der Waals surface area contributed by atoms with Crippen LogP contribution in [0.15, 0.2) is 48.5 Å². The first kappa shape index (κ1) is 20.4. The lowest BCUT2D eigenvalue weighted by Crippen LogP contribution is -2.48. The largest absolute Gasteiger partial charge is 0.489 e. The second kappa shape index (κ2) is 10.3. The average Bonchev–Trinajstić information content (AvgIpc) is 2.66. The maximum absolute atomic E-state index is 12.9. The summed E-state index contributed by atoms with van der Waals surface area (Å²) in [4.78, 5) is 23.3. The Balaban J connectivity index is 1.83. The fourth-order valence-corrected chi connectivity index (χ4v) is 2.36. The van der Waals surface area contributed by atoms with Gasteiger partial charge in [-0.25, -0.2) is 4.39 Å². The van der Waals surface area contributed by atoms with Crippen molar-refractivity contribution in [3.8, 4) is 5.75 Å². The molecule has 0 spiro atoms. The van der Waals surface area contributed by atoms with E-state index in [1.165, 1.54) is 26.2 Å². The van der Waals surface area contributed by atoms with Crippen molar-refractivity contribution < 1.29 is 23.5 Å². The molecule has 2 N–H and O–H groups in total. The van der Waals surface area contributed by atoms with Crippen molar-refractivity contribution in [2.75, 3.05) is 13.7 Å². The SMILES string of the molecule is COCC(NC(C)=O)C(=O)NCc1ccc(OCc2ccc(F)cc2)cc1. The number of methoxy groups -OCH3 is 1. The highest BCUT2D eigenvalue weighted by molar-refractivity contribution is 5.86. The van der Waals surface area contributed by atoms with E-state index in [-0.39, 0.29) is 24.2 Å². The van der Waals surface area contributed by atoms with Gasteiger partial charge in [0.1, 0.15) is 24.2 Å². The molecule has 2 rings (SSSR count). The Hall–Kier alpha value is -2.93. The van der Waals surface area contributed by atoms with Crippen molar-refractivity contribution in [2.45, 2.75) is 26.1 Å². The molecule has 2 aromatic rings. The van der Waals surface area contributed by atoms with Gasteiger partial charge in [-0.3, -0.25) is 9.59 Å². The third-order valence-electron chi connectivity index (χ3n) is 3.74. The highest BCUT2D eigenvalue weighted by atomic mass is 19.1. The fourth-order valence-electron chi connectivity index (χ4n) is 2.36. The second-order valence-corrected chi connectivity index (χ2v) is 5.99. The molecule has 0 fully saturated rings. The van der Waals surface area contributed by atoms with E-state index in [1.54, 1.807) is 24.3 Å². The van der Waals surface area contributed by atoms with Gasteiger partial charge in [0.2, 0.25) is 11.8 Å². The summed E-state index contributed by atoms with van der Waals surface area (Å²) in [6.07, 6.45) is 0. The molecular weight excluding hydrogens is 351 g/mol. The van der Waals surface area contributed by atoms with E-state index >= 15 is 0 Å². The number of carbonyl (C=O) groups excluding carboxylic acids is 2. The lowest BCUT2D eigenvalue weighted by Gasteiger charge is -2.16. The van der Waals surface area contributed by atoms with E-state index < -0.39 is 6.04 Å². The van der Waals surface area contributed by atoms with E-state index in [2.05, 4.69) is 10.6 Å². The van der Waals surface area contributed by atoms with E-state index in [9.17, 15) is 14.0 Å². The lowest BCUT2D eigenvalue weighted by molar-refractivity contribution is -0.129. The summed E-state index contributed by atoms with van der Waals surface area (Å²) in [7, 11) is 1.47. The Bertz CT molecular complexity index is 748. The molecule has 0 aliphatic rings. The maximum atomic E-state index is 12.9. The molecule has 0 aliphatic carbocycles. The number of ether oxygens (including phenoxy) is 2. The van der Waals surface area contributed by atoms with Gasteiger partial charge in [0.15, 0.2) is 0 Å². The highest BCUT2D eigenvalue weighted by Crippen LogP contribution is 2.14. The van der Waals surface area contributed by atoms with Gasteiger partial charge in [-0.05, 0) is 35.4 Å². The van der Waals surface area contributed by atoms with Gasteiger partial charge in [0.25, 0.3) is 0 Å². The van der Waals surface area contributed by atoms with Crippen molar-refractivity contribution in [1.82, 2.24) is 10.6 Å². The molecule has 0 bridgehead atoms. The molecular formula is C20H23FN2O4. The van der Waals surface area contributed by atoms with Crippen LogP contribution >= 0.6 is 0 Å². The predicted molar refractivity (Wildman–Crippen MR) is 98.5 cm³/mol. The van der Waals surface area contributed by atoms with Crippen LogP contribution in [-0.2, 0) is 27.5 Å². The average molecular weight is 374 g/mol. The lowest BCUT2D eigenvalue weighted by atomic mass is 10.2. The molecule has 1 atom stereocenters. The topological polar surface area (TPSA) is 76.7 Å². The van der Waals surface area contributed by atoms with Crippen LogP contribution in [0.2, 0.25) is 0 Å². The monoisotopic (exact) mass is 374 g/mol. The molecule has 27 heavy (non-hydrogen) atoms. The molecule has 7 heteroatoms. The summed E-state index contributed by atoms with van der Waals surface area (Å²) in [6.45, 7) is 2.10. The Kier molecular flexibility index (Phi) is 7.76. The number of carbonyl (C=O) groups is 2. The third kappa shape index (κ3) is 7.07. The number of halogens is 1. The van der Waals surface area contributed by atoms with Crippen LogP contribution in [0.25, 0.3) is 0 Å². The van der Waals surface area contributed by atoms with Crippen molar-refractivity contribution in [3.63, 3.8) is 0 Å². The van der Waals surface area contributed by atoms with E-state index in [4.69, 9.17) is 9.47 Å². The molecule has 2 aromatic carbocycles. The summed E-state index contributed by atoms with van der Waals surface area (Å²) >= 11 is 0. The molecule has 144 valence electrons. The maximum Gasteiger partial charge on any atom is 0.245 e. The quantitative estimate of drug-likeness (QED) is 0.705. The zero-order valence-electron chi connectivity index (χ0n) is 15.3. The minimum absolute atomic E-state index is 0.0988. The van der Waals surface area contributed by atoms with Crippen molar-refractivity contribution in [3.05, 3.63) is 65.5 Å². The zero-order chi connectivity index (χ0) is 19.6. The Morgan fingerprint density at radius 1 is 1.04 bits per heavy atom. The molecule has 0 radical (unpaired) electrons. The number of benzene rings is 2. The summed E-state index contributed by atoms with van der Waals surface area (Å²) < 4.78 is 23.5. The Labute approximate surface area is 157 Å². The van der Waals surface area contributed by atoms with Crippen molar-refractivity contribution >= 4 is 11.8 Å². The minimum atomic E-state index is -0.731. The molecule has 6 nitrogen and oxygen atoms in total. The van der Waals surface area contributed by atoms with Crippen LogP contribution < -0.4 is 15.4 Å². The number of rotatable bonds is 9. The number of hydrogen-bond donors (Lipinski definition) is 2. The fraction of sp³-hybridized carbons (Fsp3) is 0.300. The van der Waals surface area contributed by atoms with Gasteiger partial charge in [0, 0.05) is 20.6 Å². The van der Waals surface area contributed by atoms with Gasteiger partial charge < -0.3 is 20.1 Å². The summed E-state index contributed by atoms with van der Waals surface area (Å²) in [6, 6.07) is 12.7. The van der Waals surface area contributed by atoms with Gasteiger partial charge in [0.05, 0.1) is 6.61 Å². The first-order valence-electron chi connectivity index (χ1n) is 8.48. The summed E-state index contributed by atoms with van der Waals surface area (Å²) in [5, 5.41) is 5.30. The number of nitrogens with one attached hydrogen (secondary N) is 2. The highest BCUT2D eigenvalue weighted by Gasteiger charge is 2.18. The van der Waals surface area contributed by atoms with Gasteiger partial charge >= 0.3 is 0 Å². The van der Waals surface area contributed by atoms with Crippen molar-refractivity contribution in [1.29, 1.82) is 0 Å². The Morgan fingerprint density at radius 3 is 2.26 bits per heavy atom. The van der Waals surface area contributed by atoms with Crippen LogP contribution in [0, 0.1) is 5.82 Å². The van der Waals surface area contributed by atoms with Gasteiger partial charge in [-0.15, -0.1) is 0 Å². The minimum Gasteiger partial charge on any atom is -0.489 e. The normalized spacial score (nSPS) is 11.5. The number of amides is 2. The summed E-state index contributed by atoms with van der Waals surface area (Å²) in [5.41, 5.74) is 1.76. The first-order chi connectivity index (χ1) is 13.0. The zero-order valence-corrected chi connectivity index (χ0v) is 15.3. The molecule has 1 unspecified atom stereocenters. The van der Waals surface area contributed by atoms with Crippen LogP contribution in [0.3, 0.4) is 0 Å². The van der Waals surface area contributed by atoms with Gasteiger partial charge in [-0.2, -0.15) is 0 Å². The van der Waals surface area contributed by atoms with E-state index in [1.807, 2.05) is 12.1 Å². The van der Waals surface area contributed by atoms with Crippen LogP contribution in [0.1, 0.15) is 18.1 Å². The first-order valence-corrected chi connectivity index (χ1v) is 8.48. The molecule has 0 saturated carbocycles. The van der Waals surface area contributed by atoms with Crippen LogP contribution in [-0.4, -0.2) is 31.6 Å². The molecule has 0 aliphatic heterocycles. The molecule has 2 amide bonds.